The van der Waals surface area contributed by atoms with Gasteiger partial charge in [-0.2, -0.15) is 0 Å². The Morgan fingerprint density at radius 1 is 1.71 bits per heavy atom. The van der Waals surface area contributed by atoms with Crippen molar-refractivity contribution >= 4 is 5.97 Å². The standard InChI is InChI=1S/C13H19NO3/c1-3-9(2)13(16)17-11-5-7-14-6-4-10(8-15)12(11)14/h3-4,11-12,15H,5-8H2,1-2H3/b9-3-/t11-,12?/m1/s1. The van der Waals surface area contributed by atoms with E-state index in [4.69, 9.17) is 4.74 Å². The van der Waals surface area contributed by atoms with E-state index in [1.807, 2.05) is 13.0 Å². The molecule has 2 atom stereocenters. The van der Waals surface area contributed by atoms with Crippen LogP contribution in [-0.2, 0) is 9.53 Å². The number of hydrogen-bond acceptors (Lipinski definition) is 4. The number of ether oxygens (including phenoxy) is 1. The molecule has 0 amide bonds. The lowest BCUT2D eigenvalue weighted by molar-refractivity contribution is -0.144. The van der Waals surface area contributed by atoms with Crippen molar-refractivity contribution in [3.05, 3.63) is 23.3 Å². The molecule has 0 aromatic rings. The highest BCUT2D eigenvalue weighted by atomic mass is 16.5. The second-order valence-electron chi connectivity index (χ2n) is 4.58. The van der Waals surface area contributed by atoms with Crippen molar-refractivity contribution in [3.63, 3.8) is 0 Å². The Balaban J connectivity index is 2.03. The number of aliphatic hydroxyl groups is 1. The Labute approximate surface area is 102 Å². The normalized spacial score (nSPS) is 29.1. The van der Waals surface area contributed by atoms with E-state index in [9.17, 15) is 9.90 Å². The summed E-state index contributed by atoms with van der Waals surface area (Å²) < 4.78 is 5.51. The van der Waals surface area contributed by atoms with Gasteiger partial charge >= 0.3 is 5.97 Å². The Hall–Kier alpha value is -1.13. The highest BCUT2D eigenvalue weighted by molar-refractivity contribution is 5.87. The van der Waals surface area contributed by atoms with Crippen LogP contribution in [0.5, 0.6) is 0 Å². The molecule has 0 bridgehead atoms. The van der Waals surface area contributed by atoms with E-state index in [1.54, 1.807) is 13.0 Å². The van der Waals surface area contributed by atoms with Gasteiger partial charge in [0.2, 0.25) is 0 Å². The number of nitrogens with zero attached hydrogens (tertiary/aromatic N) is 1. The summed E-state index contributed by atoms with van der Waals surface area (Å²) in [6.45, 7) is 5.42. The number of esters is 1. The summed E-state index contributed by atoms with van der Waals surface area (Å²) in [6.07, 6.45) is 4.53. The van der Waals surface area contributed by atoms with Gasteiger partial charge in [-0.1, -0.05) is 12.2 Å². The molecule has 0 saturated carbocycles. The number of carbonyl (C=O) groups is 1. The average Bonchev–Trinajstić information content (AvgIpc) is 2.90. The minimum Gasteiger partial charge on any atom is -0.457 e. The zero-order chi connectivity index (χ0) is 12.4. The highest BCUT2D eigenvalue weighted by Crippen LogP contribution is 2.31. The van der Waals surface area contributed by atoms with Crippen LogP contribution in [0.15, 0.2) is 23.3 Å². The average molecular weight is 237 g/mol. The molecule has 2 aliphatic heterocycles. The number of rotatable bonds is 3. The lowest BCUT2D eigenvalue weighted by atomic mass is 10.1. The first kappa shape index (κ1) is 12.3. The van der Waals surface area contributed by atoms with Crippen molar-refractivity contribution in [2.45, 2.75) is 32.4 Å². The van der Waals surface area contributed by atoms with E-state index in [1.165, 1.54) is 0 Å². The molecule has 2 rings (SSSR count). The van der Waals surface area contributed by atoms with Crippen molar-refractivity contribution in [2.24, 2.45) is 0 Å². The van der Waals surface area contributed by atoms with E-state index < -0.39 is 0 Å². The monoisotopic (exact) mass is 237 g/mol. The Morgan fingerprint density at radius 2 is 2.47 bits per heavy atom. The SMILES string of the molecule is C/C=C(/C)C(=O)O[C@@H]1CCN2CC=C(CO)C12. The van der Waals surface area contributed by atoms with E-state index in [2.05, 4.69) is 4.90 Å². The van der Waals surface area contributed by atoms with Crippen LogP contribution in [0.3, 0.4) is 0 Å². The fraction of sp³-hybridized carbons (Fsp3) is 0.615. The zero-order valence-corrected chi connectivity index (χ0v) is 10.3. The van der Waals surface area contributed by atoms with Gasteiger partial charge in [-0.25, -0.2) is 4.79 Å². The van der Waals surface area contributed by atoms with Gasteiger partial charge in [0.1, 0.15) is 6.10 Å². The molecule has 1 N–H and O–H groups in total. The van der Waals surface area contributed by atoms with E-state index in [0.29, 0.717) is 5.57 Å². The third-order valence-corrected chi connectivity index (χ3v) is 3.61. The largest absolute Gasteiger partial charge is 0.457 e. The molecule has 0 aromatic carbocycles. The van der Waals surface area contributed by atoms with Crippen LogP contribution in [0.25, 0.3) is 0 Å². The molecular weight excluding hydrogens is 218 g/mol. The van der Waals surface area contributed by atoms with E-state index in [-0.39, 0.29) is 24.7 Å². The maximum atomic E-state index is 11.7. The molecule has 0 radical (unpaired) electrons. The molecule has 0 spiro atoms. The lowest BCUT2D eigenvalue weighted by Gasteiger charge is -2.23. The number of allylic oxidation sites excluding steroid dienone is 1. The summed E-state index contributed by atoms with van der Waals surface area (Å²) in [5, 5.41) is 9.27. The van der Waals surface area contributed by atoms with Crippen molar-refractivity contribution < 1.29 is 14.6 Å². The number of fused-ring (bicyclic) bond motifs is 1. The molecule has 4 heteroatoms. The molecule has 94 valence electrons. The molecule has 2 heterocycles. The van der Waals surface area contributed by atoms with Gasteiger partial charge in [0.05, 0.1) is 12.6 Å². The van der Waals surface area contributed by atoms with Gasteiger partial charge in [0.25, 0.3) is 0 Å². The van der Waals surface area contributed by atoms with Gasteiger partial charge in [-0.05, 0) is 25.8 Å². The minimum atomic E-state index is -0.247. The predicted octanol–water partition coefficient (Wildman–Crippen LogP) is 0.871. The van der Waals surface area contributed by atoms with Crippen LogP contribution in [0.4, 0.5) is 0 Å². The smallest absolute Gasteiger partial charge is 0.333 e. The third-order valence-electron chi connectivity index (χ3n) is 3.61. The number of aliphatic hydroxyl groups excluding tert-OH is 1. The van der Waals surface area contributed by atoms with Crippen molar-refractivity contribution in [1.82, 2.24) is 4.90 Å². The fourth-order valence-corrected chi connectivity index (χ4v) is 2.49. The lowest BCUT2D eigenvalue weighted by Crippen LogP contribution is -2.35. The minimum absolute atomic E-state index is 0.0534. The van der Waals surface area contributed by atoms with Crippen LogP contribution >= 0.6 is 0 Å². The van der Waals surface area contributed by atoms with E-state index >= 15 is 0 Å². The third kappa shape index (κ3) is 2.28. The summed E-state index contributed by atoms with van der Waals surface area (Å²) >= 11 is 0. The Kier molecular flexibility index (Phi) is 3.64. The zero-order valence-electron chi connectivity index (χ0n) is 10.3. The van der Waals surface area contributed by atoms with Crippen molar-refractivity contribution in [1.29, 1.82) is 0 Å². The topological polar surface area (TPSA) is 49.8 Å². The summed E-state index contributed by atoms with van der Waals surface area (Å²) in [5.74, 6) is -0.247. The van der Waals surface area contributed by atoms with Gasteiger partial charge in [-0.15, -0.1) is 0 Å². The van der Waals surface area contributed by atoms with Crippen molar-refractivity contribution in [2.75, 3.05) is 19.7 Å². The van der Waals surface area contributed by atoms with Crippen LogP contribution in [0.2, 0.25) is 0 Å². The van der Waals surface area contributed by atoms with Gasteiger partial charge in [0.15, 0.2) is 0 Å². The molecule has 2 aliphatic rings. The molecule has 0 aliphatic carbocycles. The quantitative estimate of drug-likeness (QED) is 0.449. The Morgan fingerprint density at radius 3 is 3.12 bits per heavy atom. The number of carbonyl (C=O) groups excluding carboxylic acids is 1. The van der Waals surface area contributed by atoms with Gasteiger partial charge in [-0.3, -0.25) is 4.90 Å². The second kappa shape index (κ2) is 5.02. The predicted molar refractivity (Wildman–Crippen MR) is 64.5 cm³/mol. The molecule has 4 nitrogen and oxygen atoms in total. The summed E-state index contributed by atoms with van der Waals surface area (Å²) in [4.78, 5) is 14.0. The molecule has 0 aromatic heterocycles. The highest BCUT2D eigenvalue weighted by Gasteiger charge is 2.41. The van der Waals surface area contributed by atoms with Crippen molar-refractivity contribution in [3.8, 4) is 0 Å². The number of hydrogen-bond donors (Lipinski definition) is 1. The maximum Gasteiger partial charge on any atom is 0.333 e. The van der Waals surface area contributed by atoms with Gasteiger partial charge < -0.3 is 9.84 Å². The summed E-state index contributed by atoms with van der Waals surface area (Å²) in [7, 11) is 0. The van der Waals surface area contributed by atoms with Crippen LogP contribution in [0, 0.1) is 0 Å². The van der Waals surface area contributed by atoms with Gasteiger partial charge in [0, 0.05) is 18.7 Å². The summed E-state index contributed by atoms with van der Waals surface area (Å²) in [6, 6.07) is 0.0913. The van der Waals surface area contributed by atoms with E-state index in [0.717, 1.165) is 25.1 Å². The molecule has 1 saturated heterocycles. The molecule has 1 unspecified atom stereocenters. The van der Waals surface area contributed by atoms with Crippen LogP contribution in [-0.4, -0.2) is 47.8 Å². The molecule has 1 fully saturated rings. The first-order valence-electron chi connectivity index (χ1n) is 6.05. The molecule has 17 heavy (non-hydrogen) atoms. The first-order valence-corrected chi connectivity index (χ1v) is 6.05. The maximum absolute atomic E-state index is 11.7. The summed E-state index contributed by atoms with van der Waals surface area (Å²) in [5.41, 5.74) is 1.62. The van der Waals surface area contributed by atoms with Crippen LogP contribution < -0.4 is 0 Å². The second-order valence-corrected chi connectivity index (χ2v) is 4.58. The molecular formula is C13H19NO3. The Bertz CT molecular complexity index is 373. The first-order chi connectivity index (χ1) is 8.17. The van der Waals surface area contributed by atoms with Crippen LogP contribution in [0.1, 0.15) is 20.3 Å². The fourth-order valence-electron chi connectivity index (χ4n) is 2.49.